The molecule has 0 aliphatic carbocycles. The van der Waals surface area contributed by atoms with Crippen LogP contribution in [0.25, 0.3) is 0 Å². The lowest BCUT2D eigenvalue weighted by Crippen LogP contribution is -2.32. The molecule has 1 fully saturated rings. The molecule has 0 spiro atoms. The van der Waals surface area contributed by atoms with E-state index in [-0.39, 0.29) is 5.91 Å². The zero-order valence-corrected chi connectivity index (χ0v) is 16.4. The number of aromatic nitrogens is 2. The minimum absolute atomic E-state index is 0.169. The van der Waals surface area contributed by atoms with E-state index in [1.807, 2.05) is 28.7 Å². The Balaban J connectivity index is 1.55. The van der Waals surface area contributed by atoms with Crippen LogP contribution in [0.1, 0.15) is 47.4 Å². The first-order chi connectivity index (χ1) is 12.0. The summed E-state index contributed by atoms with van der Waals surface area (Å²) in [6.45, 7) is 9.97. The van der Waals surface area contributed by atoms with Crippen LogP contribution in [0.3, 0.4) is 0 Å². The summed E-state index contributed by atoms with van der Waals surface area (Å²) in [7, 11) is 2.16. The number of likely N-dealkylation sites (tertiary alicyclic amines) is 1. The molecule has 0 radical (unpaired) electrons. The number of nitrogens with zero attached hydrogens (tertiary/aromatic N) is 4. The number of aryl methyl sites for hydroxylation is 1. The minimum atomic E-state index is 0.169. The van der Waals surface area contributed by atoms with Gasteiger partial charge in [-0.2, -0.15) is 0 Å². The number of hydrogen-bond donors (Lipinski definition) is 0. The van der Waals surface area contributed by atoms with Crippen LogP contribution in [0.15, 0.2) is 23.8 Å². The van der Waals surface area contributed by atoms with Crippen molar-refractivity contribution in [3.05, 3.63) is 40.1 Å². The van der Waals surface area contributed by atoms with Crippen molar-refractivity contribution >= 4 is 17.2 Å². The van der Waals surface area contributed by atoms with Crippen molar-refractivity contribution in [3.63, 3.8) is 0 Å². The molecule has 1 saturated heterocycles. The molecule has 1 aliphatic rings. The highest BCUT2D eigenvalue weighted by molar-refractivity contribution is 7.09. The van der Waals surface area contributed by atoms with Crippen molar-refractivity contribution in [1.29, 1.82) is 0 Å². The zero-order valence-electron chi connectivity index (χ0n) is 15.6. The standard InChI is InChI=1S/C19H28N4OS/c1-14(2)23-8-5-6-17(23)19(24)22-9-7-16(11-22)10-21(4)12-18-15(3)20-13-25-18/h5-6,8,13-14,16H,7,9-12H2,1-4H3/t16-/m1/s1. The van der Waals surface area contributed by atoms with Gasteiger partial charge >= 0.3 is 0 Å². The molecule has 25 heavy (non-hydrogen) atoms. The van der Waals surface area contributed by atoms with Gasteiger partial charge in [-0.15, -0.1) is 11.3 Å². The van der Waals surface area contributed by atoms with E-state index in [0.717, 1.165) is 44.0 Å². The topological polar surface area (TPSA) is 41.4 Å². The van der Waals surface area contributed by atoms with E-state index >= 15 is 0 Å². The summed E-state index contributed by atoms with van der Waals surface area (Å²) < 4.78 is 2.06. The number of thiazole rings is 1. The van der Waals surface area contributed by atoms with Crippen LogP contribution in [-0.2, 0) is 6.54 Å². The predicted octanol–water partition coefficient (Wildman–Crippen LogP) is 3.43. The Morgan fingerprint density at radius 2 is 2.28 bits per heavy atom. The lowest BCUT2D eigenvalue weighted by atomic mass is 10.1. The number of hydrogen-bond acceptors (Lipinski definition) is 4. The van der Waals surface area contributed by atoms with E-state index in [9.17, 15) is 4.79 Å². The first-order valence-corrected chi connectivity index (χ1v) is 9.87. The second kappa shape index (κ2) is 7.70. The van der Waals surface area contributed by atoms with Gasteiger partial charge in [-0.05, 0) is 52.3 Å². The molecule has 0 bridgehead atoms. The fourth-order valence-electron chi connectivity index (χ4n) is 3.58. The molecule has 6 heteroatoms. The number of carbonyl (C=O) groups is 1. The summed E-state index contributed by atoms with van der Waals surface area (Å²) in [5.74, 6) is 0.715. The van der Waals surface area contributed by atoms with Gasteiger partial charge in [0.05, 0.1) is 11.2 Å². The first kappa shape index (κ1) is 18.1. The van der Waals surface area contributed by atoms with Crippen LogP contribution >= 0.6 is 11.3 Å². The fourth-order valence-corrected chi connectivity index (χ4v) is 4.44. The van der Waals surface area contributed by atoms with Gasteiger partial charge in [-0.3, -0.25) is 4.79 Å². The molecule has 2 aromatic rings. The average molecular weight is 361 g/mol. The van der Waals surface area contributed by atoms with Gasteiger partial charge in [0.1, 0.15) is 5.69 Å². The summed E-state index contributed by atoms with van der Waals surface area (Å²) in [6.07, 6.45) is 3.08. The average Bonchev–Trinajstić information content (AvgIpc) is 3.28. The van der Waals surface area contributed by atoms with Crippen LogP contribution in [-0.4, -0.2) is 51.9 Å². The Labute approximate surface area is 154 Å². The molecule has 3 rings (SSSR count). The van der Waals surface area contributed by atoms with Crippen molar-refractivity contribution in [2.75, 3.05) is 26.7 Å². The van der Waals surface area contributed by atoms with Crippen LogP contribution in [0.4, 0.5) is 0 Å². The Hall–Kier alpha value is -1.66. The van der Waals surface area contributed by atoms with Gasteiger partial charge in [0, 0.05) is 43.3 Å². The van der Waals surface area contributed by atoms with Crippen molar-refractivity contribution in [2.45, 2.75) is 39.8 Å². The Morgan fingerprint density at radius 3 is 2.96 bits per heavy atom. The largest absolute Gasteiger partial charge is 0.341 e. The van der Waals surface area contributed by atoms with Crippen molar-refractivity contribution in [2.24, 2.45) is 5.92 Å². The first-order valence-electron chi connectivity index (χ1n) is 8.99. The maximum atomic E-state index is 12.9. The molecule has 1 atom stereocenters. The molecule has 0 unspecified atom stereocenters. The van der Waals surface area contributed by atoms with Gasteiger partial charge in [0.25, 0.3) is 5.91 Å². The third-order valence-electron chi connectivity index (χ3n) is 4.96. The summed E-state index contributed by atoms with van der Waals surface area (Å²) in [6, 6.07) is 4.21. The summed E-state index contributed by atoms with van der Waals surface area (Å²) in [4.78, 5) is 22.9. The monoisotopic (exact) mass is 360 g/mol. The van der Waals surface area contributed by atoms with Crippen LogP contribution in [0.5, 0.6) is 0 Å². The van der Waals surface area contributed by atoms with Gasteiger partial charge in [-0.25, -0.2) is 4.98 Å². The van der Waals surface area contributed by atoms with E-state index < -0.39 is 0 Å². The second-order valence-corrected chi connectivity index (χ2v) is 8.30. The lowest BCUT2D eigenvalue weighted by Gasteiger charge is -2.22. The molecule has 0 N–H and O–H groups in total. The van der Waals surface area contributed by atoms with Crippen molar-refractivity contribution in [3.8, 4) is 0 Å². The predicted molar refractivity (Wildman–Crippen MR) is 102 cm³/mol. The van der Waals surface area contributed by atoms with E-state index in [0.29, 0.717) is 12.0 Å². The molecule has 5 nitrogen and oxygen atoms in total. The summed E-state index contributed by atoms with van der Waals surface area (Å²) in [5.41, 5.74) is 3.86. The van der Waals surface area contributed by atoms with Crippen LogP contribution < -0.4 is 0 Å². The third kappa shape index (κ3) is 4.12. The lowest BCUT2D eigenvalue weighted by molar-refractivity contribution is 0.0772. The Bertz CT molecular complexity index is 721. The molecule has 1 amide bonds. The van der Waals surface area contributed by atoms with Crippen molar-refractivity contribution in [1.82, 2.24) is 19.4 Å². The molecule has 136 valence electrons. The van der Waals surface area contributed by atoms with E-state index in [4.69, 9.17) is 0 Å². The molecule has 1 aliphatic heterocycles. The maximum Gasteiger partial charge on any atom is 0.270 e. The normalized spacial score (nSPS) is 17.8. The maximum absolute atomic E-state index is 12.9. The second-order valence-electron chi connectivity index (χ2n) is 7.36. The Morgan fingerprint density at radius 1 is 1.48 bits per heavy atom. The Kier molecular flexibility index (Phi) is 5.59. The van der Waals surface area contributed by atoms with Gasteiger partial charge < -0.3 is 14.4 Å². The molecule has 0 saturated carbocycles. The zero-order chi connectivity index (χ0) is 18.0. The highest BCUT2D eigenvalue weighted by Gasteiger charge is 2.29. The highest BCUT2D eigenvalue weighted by atomic mass is 32.1. The third-order valence-corrected chi connectivity index (χ3v) is 5.88. The van der Waals surface area contributed by atoms with E-state index in [2.05, 4.69) is 42.3 Å². The SMILES string of the molecule is Cc1ncsc1CN(C)C[C@H]1CCN(C(=O)c2cccn2C(C)C)C1. The number of rotatable bonds is 6. The van der Waals surface area contributed by atoms with E-state index in [1.165, 1.54) is 4.88 Å². The minimum Gasteiger partial charge on any atom is -0.341 e. The smallest absolute Gasteiger partial charge is 0.270 e. The number of amides is 1. The highest BCUT2D eigenvalue weighted by Crippen LogP contribution is 2.22. The molecule has 2 aromatic heterocycles. The van der Waals surface area contributed by atoms with E-state index in [1.54, 1.807) is 11.3 Å². The fraction of sp³-hybridized carbons (Fsp3) is 0.579. The van der Waals surface area contributed by atoms with Gasteiger partial charge in [-0.1, -0.05) is 0 Å². The molecule has 0 aromatic carbocycles. The van der Waals surface area contributed by atoms with Gasteiger partial charge in [0.2, 0.25) is 0 Å². The molecular weight excluding hydrogens is 332 g/mol. The van der Waals surface area contributed by atoms with Gasteiger partial charge in [0.15, 0.2) is 0 Å². The number of carbonyl (C=O) groups excluding carboxylic acids is 1. The molecular formula is C19H28N4OS. The summed E-state index contributed by atoms with van der Waals surface area (Å²) >= 11 is 1.72. The quantitative estimate of drug-likeness (QED) is 0.792. The van der Waals surface area contributed by atoms with Crippen LogP contribution in [0, 0.1) is 12.8 Å². The van der Waals surface area contributed by atoms with Crippen molar-refractivity contribution < 1.29 is 4.79 Å². The van der Waals surface area contributed by atoms with Crippen LogP contribution in [0.2, 0.25) is 0 Å². The summed E-state index contributed by atoms with van der Waals surface area (Å²) in [5, 5.41) is 0. The molecule has 3 heterocycles.